The van der Waals surface area contributed by atoms with Crippen molar-refractivity contribution in [3.63, 3.8) is 0 Å². The summed E-state index contributed by atoms with van der Waals surface area (Å²) in [6, 6.07) is 10.6. The number of hydrogen-bond acceptors (Lipinski definition) is 10. The van der Waals surface area contributed by atoms with Crippen molar-refractivity contribution in [1.29, 1.82) is 0 Å². The van der Waals surface area contributed by atoms with Crippen LogP contribution in [0.2, 0.25) is 0 Å². The molecule has 2 unspecified atom stereocenters. The molecule has 204 valence electrons. The number of amides is 2. The molecule has 2 atom stereocenters. The van der Waals surface area contributed by atoms with Gasteiger partial charge in [0.1, 0.15) is 17.8 Å². The van der Waals surface area contributed by atoms with E-state index >= 15 is 0 Å². The first-order chi connectivity index (χ1) is 19.0. The average molecular weight is 533 g/mol. The maximum absolute atomic E-state index is 12.9. The lowest BCUT2D eigenvalue weighted by Crippen LogP contribution is -2.49. The van der Waals surface area contributed by atoms with E-state index < -0.39 is 12.1 Å². The van der Waals surface area contributed by atoms with E-state index in [1.54, 1.807) is 56.0 Å². The number of piperidine rings is 1. The van der Waals surface area contributed by atoms with E-state index in [4.69, 9.17) is 20.2 Å². The predicted molar refractivity (Wildman–Crippen MR) is 145 cm³/mol. The van der Waals surface area contributed by atoms with Gasteiger partial charge in [0.15, 0.2) is 11.5 Å². The average Bonchev–Trinajstić information content (AvgIpc) is 2.98. The van der Waals surface area contributed by atoms with Crippen LogP contribution in [-0.2, 0) is 4.74 Å². The Kier molecular flexibility index (Phi) is 8.13. The lowest BCUT2D eigenvalue weighted by molar-refractivity contribution is 0.0327. The number of nitrogens with two attached hydrogens (primary N) is 1. The molecule has 5 rings (SSSR count). The van der Waals surface area contributed by atoms with E-state index in [0.717, 1.165) is 25.9 Å². The Labute approximate surface area is 226 Å². The molecule has 2 saturated heterocycles. The summed E-state index contributed by atoms with van der Waals surface area (Å²) in [5.74, 6) is 0.732. The van der Waals surface area contributed by atoms with Crippen LogP contribution in [0.15, 0.2) is 55.0 Å². The van der Waals surface area contributed by atoms with Crippen LogP contribution in [0.5, 0.6) is 5.75 Å². The minimum absolute atomic E-state index is 0.0399. The highest BCUT2D eigenvalue weighted by Crippen LogP contribution is 2.31. The molecule has 0 radical (unpaired) electrons. The molecule has 3 aromatic rings. The number of methoxy groups -OCH3 is 1. The maximum atomic E-state index is 12.9. The molecule has 2 aliphatic heterocycles. The lowest BCUT2D eigenvalue weighted by atomic mass is 10.0. The van der Waals surface area contributed by atoms with Crippen LogP contribution in [0.1, 0.15) is 33.7 Å². The Balaban J connectivity index is 1.40. The molecule has 0 aliphatic carbocycles. The van der Waals surface area contributed by atoms with Gasteiger partial charge in [-0.05, 0) is 49.2 Å². The van der Waals surface area contributed by atoms with Crippen molar-refractivity contribution in [2.24, 2.45) is 5.73 Å². The first kappa shape index (κ1) is 26.3. The third-order valence-corrected chi connectivity index (χ3v) is 6.76. The number of nitrogens with zero attached hydrogens (tertiary/aromatic N) is 5. The second-order valence-electron chi connectivity index (χ2n) is 9.36. The molecule has 2 fully saturated rings. The molecule has 2 amide bonds. The van der Waals surface area contributed by atoms with Crippen LogP contribution < -0.4 is 30.9 Å². The van der Waals surface area contributed by atoms with Crippen molar-refractivity contribution in [3.8, 4) is 5.75 Å². The van der Waals surface area contributed by atoms with Gasteiger partial charge in [-0.2, -0.15) is 0 Å². The van der Waals surface area contributed by atoms with Crippen molar-refractivity contribution in [3.05, 3.63) is 66.2 Å². The fourth-order valence-corrected chi connectivity index (χ4v) is 4.82. The van der Waals surface area contributed by atoms with Crippen molar-refractivity contribution < 1.29 is 19.1 Å². The van der Waals surface area contributed by atoms with Gasteiger partial charge < -0.3 is 30.7 Å². The van der Waals surface area contributed by atoms with E-state index in [0.29, 0.717) is 48.3 Å². The van der Waals surface area contributed by atoms with Gasteiger partial charge in [-0.3, -0.25) is 19.5 Å². The Morgan fingerprint density at radius 2 is 2.08 bits per heavy atom. The second-order valence-corrected chi connectivity index (χ2v) is 9.36. The van der Waals surface area contributed by atoms with Gasteiger partial charge >= 0.3 is 0 Å². The first-order valence-corrected chi connectivity index (χ1v) is 12.9. The topological polar surface area (TPSA) is 148 Å². The molecule has 0 spiro atoms. The fraction of sp³-hybridized carbons (Fsp3) is 0.370. The van der Waals surface area contributed by atoms with E-state index in [9.17, 15) is 9.59 Å². The number of anilines is 3. The molecule has 2 aromatic heterocycles. The first-order valence-electron chi connectivity index (χ1n) is 12.9. The quantitative estimate of drug-likeness (QED) is 0.389. The van der Waals surface area contributed by atoms with E-state index in [1.165, 1.54) is 0 Å². The largest absolute Gasteiger partial charge is 0.497 e. The van der Waals surface area contributed by atoms with Crippen molar-refractivity contribution in [1.82, 2.24) is 25.6 Å². The molecule has 1 aromatic carbocycles. The zero-order chi connectivity index (χ0) is 27.2. The molecule has 2 aliphatic rings. The third-order valence-electron chi connectivity index (χ3n) is 6.76. The molecule has 0 bridgehead atoms. The highest BCUT2D eigenvalue weighted by atomic mass is 16.5. The van der Waals surface area contributed by atoms with Gasteiger partial charge in [-0.25, -0.2) is 9.97 Å². The number of benzene rings is 1. The Bertz CT molecular complexity index is 1280. The van der Waals surface area contributed by atoms with Crippen LogP contribution in [0.3, 0.4) is 0 Å². The van der Waals surface area contributed by atoms with E-state index in [-0.39, 0.29) is 17.6 Å². The molecule has 4 heterocycles. The smallest absolute Gasteiger partial charge is 0.271 e. The Hall–Kier alpha value is -4.29. The lowest BCUT2D eigenvalue weighted by Gasteiger charge is -2.37. The summed E-state index contributed by atoms with van der Waals surface area (Å²) in [4.78, 5) is 42.7. The standard InChI is InChI=1S/C27H32N8O4/c1-38-21-8-6-18(7-9-21)27(37)32-19-4-3-12-34(17-19)22-15-31-24(25(28)36)26(33-22)35(20-5-2-10-29-14-20)23-16-30-11-13-39-23/h2,5-10,14-15,19,23,30H,3-4,11-13,16-17H2,1H3,(H2,28,36)(H,32,37). The van der Waals surface area contributed by atoms with Crippen LogP contribution in [0, 0.1) is 0 Å². The number of morpholine rings is 1. The summed E-state index contributed by atoms with van der Waals surface area (Å²) in [5.41, 5.74) is 7.03. The van der Waals surface area contributed by atoms with Gasteiger partial charge in [0.05, 0.1) is 31.8 Å². The normalized spacial score (nSPS) is 19.3. The Morgan fingerprint density at radius 1 is 1.23 bits per heavy atom. The van der Waals surface area contributed by atoms with Crippen molar-refractivity contribution >= 4 is 29.1 Å². The van der Waals surface area contributed by atoms with Gasteiger partial charge in [0.25, 0.3) is 11.8 Å². The molecule has 0 saturated carbocycles. The van der Waals surface area contributed by atoms with E-state index in [2.05, 4.69) is 25.5 Å². The van der Waals surface area contributed by atoms with Gasteiger partial charge in [-0.15, -0.1) is 0 Å². The summed E-state index contributed by atoms with van der Waals surface area (Å²) >= 11 is 0. The maximum Gasteiger partial charge on any atom is 0.271 e. The summed E-state index contributed by atoms with van der Waals surface area (Å²) < 4.78 is 11.2. The second kappa shape index (κ2) is 12.0. The number of carbonyl (C=O) groups is 2. The summed E-state index contributed by atoms with van der Waals surface area (Å²) in [6.07, 6.45) is 6.16. The molecule has 12 nitrogen and oxygen atoms in total. The number of carbonyl (C=O) groups excluding carboxylic acids is 2. The predicted octanol–water partition coefficient (Wildman–Crippen LogP) is 1.46. The highest BCUT2D eigenvalue weighted by Gasteiger charge is 2.31. The van der Waals surface area contributed by atoms with Crippen LogP contribution >= 0.6 is 0 Å². The minimum Gasteiger partial charge on any atom is -0.497 e. The number of aromatic nitrogens is 3. The zero-order valence-corrected chi connectivity index (χ0v) is 21.7. The number of rotatable bonds is 8. The summed E-state index contributed by atoms with van der Waals surface area (Å²) in [7, 11) is 1.59. The molecular formula is C27H32N8O4. The van der Waals surface area contributed by atoms with Gasteiger partial charge in [0, 0.05) is 44.0 Å². The van der Waals surface area contributed by atoms with Gasteiger partial charge in [0.2, 0.25) is 0 Å². The van der Waals surface area contributed by atoms with E-state index in [1.807, 2.05) is 11.0 Å². The fourth-order valence-electron chi connectivity index (χ4n) is 4.82. The molecule has 39 heavy (non-hydrogen) atoms. The zero-order valence-electron chi connectivity index (χ0n) is 21.7. The summed E-state index contributed by atoms with van der Waals surface area (Å²) in [6.45, 7) is 3.02. The molecule has 12 heteroatoms. The number of pyridine rings is 1. The van der Waals surface area contributed by atoms with Crippen LogP contribution in [0.4, 0.5) is 17.3 Å². The number of hydrogen-bond donors (Lipinski definition) is 3. The highest BCUT2D eigenvalue weighted by molar-refractivity contribution is 5.97. The van der Waals surface area contributed by atoms with Crippen molar-refractivity contribution in [2.75, 3.05) is 49.7 Å². The van der Waals surface area contributed by atoms with Crippen molar-refractivity contribution in [2.45, 2.75) is 25.1 Å². The van der Waals surface area contributed by atoms with Gasteiger partial charge in [-0.1, -0.05) is 0 Å². The molecular weight excluding hydrogens is 500 g/mol. The minimum atomic E-state index is -0.690. The number of primary amides is 1. The van der Waals surface area contributed by atoms with Crippen LogP contribution in [-0.4, -0.2) is 78.9 Å². The Morgan fingerprint density at radius 3 is 2.77 bits per heavy atom. The third kappa shape index (κ3) is 6.07. The number of nitrogens with one attached hydrogen (secondary N) is 2. The SMILES string of the molecule is COc1ccc(C(=O)NC2CCCN(c3cnc(C(N)=O)c(N(c4cccnc4)C4CNCCO4)n3)C2)cc1. The van der Waals surface area contributed by atoms with Crippen LogP contribution in [0.25, 0.3) is 0 Å². The summed E-state index contributed by atoms with van der Waals surface area (Å²) in [5, 5.41) is 6.44. The molecule has 4 N–H and O–H groups in total. The monoisotopic (exact) mass is 532 g/mol. The number of ether oxygens (including phenoxy) is 2.